The van der Waals surface area contributed by atoms with E-state index in [1.54, 1.807) is 0 Å². The third kappa shape index (κ3) is 1.96. The van der Waals surface area contributed by atoms with Gasteiger partial charge in [-0.1, -0.05) is 6.07 Å². The van der Waals surface area contributed by atoms with Gasteiger partial charge in [0.15, 0.2) is 0 Å². The first-order valence-corrected chi connectivity index (χ1v) is 6.91. The van der Waals surface area contributed by atoms with Gasteiger partial charge in [-0.15, -0.1) is 11.3 Å². The lowest BCUT2D eigenvalue weighted by Gasteiger charge is -2.07. The summed E-state index contributed by atoms with van der Waals surface area (Å²) in [7, 11) is 1.91. The Bertz CT molecular complexity index is 850. The van der Waals surface area contributed by atoms with Gasteiger partial charge >= 0.3 is 0 Å². The van der Waals surface area contributed by atoms with Gasteiger partial charge < -0.3 is 9.55 Å². The number of hydrogen-bond acceptors (Lipinski definition) is 3. The van der Waals surface area contributed by atoms with Crippen LogP contribution in [0.25, 0.3) is 21.8 Å². The number of nitrogens with zero attached hydrogens (tertiary/aromatic N) is 2. The van der Waals surface area contributed by atoms with E-state index in [2.05, 4.69) is 4.98 Å². The highest BCUT2D eigenvalue weighted by atomic mass is 32.1. The van der Waals surface area contributed by atoms with Gasteiger partial charge in [-0.05, 0) is 29.6 Å². The third-order valence-electron chi connectivity index (χ3n) is 3.15. The minimum absolute atomic E-state index is 0.158. The van der Waals surface area contributed by atoms with Crippen molar-refractivity contribution in [2.45, 2.75) is 0 Å². The molecule has 0 aromatic carbocycles. The molecule has 0 saturated heterocycles. The fourth-order valence-corrected chi connectivity index (χ4v) is 2.92. The number of thiophene rings is 1. The molecule has 0 spiro atoms. The highest BCUT2D eigenvalue weighted by Gasteiger charge is 2.13. The topological polar surface area (TPSA) is 61.6 Å². The molecule has 0 saturated carbocycles. The Morgan fingerprint density at radius 1 is 1.35 bits per heavy atom. The van der Waals surface area contributed by atoms with Crippen molar-refractivity contribution in [2.75, 3.05) is 0 Å². The Morgan fingerprint density at radius 3 is 2.80 bits per heavy atom. The van der Waals surface area contributed by atoms with E-state index in [1.807, 2.05) is 59.6 Å². The Labute approximate surface area is 119 Å². The molecule has 3 heterocycles. The van der Waals surface area contributed by atoms with Crippen molar-refractivity contribution in [3.63, 3.8) is 0 Å². The Balaban J connectivity index is 2.29. The molecule has 0 aliphatic rings. The minimum atomic E-state index is -0.352. The van der Waals surface area contributed by atoms with Crippen LogP contribution in [0.3, 0.4) is 0 Å². The van der Waals surface area contributed by atoms with Crippen molar-refractivity contribution < 1.29 is 0 Å². The predicted octanol–water partition coefficient (Wildman–Crippen LogP) is 2.98. The third-order valence-corrected chi connectivity index (χ3v) is 4.05. The van der Waals surface area contributed by atoms with Crippen LogP contribution in [0.2, 0.25) is 0 Å². The van der Waals surface area contributed by atoms with Gasteiger partial charge in [-0.25, -0.2) is 0 Å². The van der Waals surface area contributed by atoms with E-state index in [-0.39, 0.29) is 11.1 Å². The molecule has 20 heavy (non-hydrogen) atoms. The Hall–Kier alpha value is -2.58. The molecular weight excluding hydrogens is 270 g/mol. The van der Waals surface area contributed by atoms with Crippen LogP contribution in [-0.2, 0) is 7.05 Å². The van der Waals surface area contributed by atoms with Gasteiger partial charge in [-0.2, -0.15) is 5.26 Å². The van der Waals surface area contributed by atoms with E-state index in [0.29, 0.717) is 11.3 Å². The molecule has 0 radical (unpaired) electrons. The maximum absolute atomic E-state index is 12.1. The smallest absolute Gasteiger partial charge is 0.267 e. The molecule has 3 aromatic rings. The second-order valence-corrected chi connectivity index (χ2v) is 5.34. The van der Waals surface area contributed by atoms with Crippen molar-refractivity contribution in [1.82, 2.24) is 9.55 Å². The zero-order valence-corrected chi connectivity index (χ0v) is 11.6. The zero-order chi connectivity index (χ0) is 14.1. The monoisotopic (exact) mass is 281 g/mol. The fraction of sp³-hybridized carbons (Fsp3) is 0.0667. The number of rotatable bonds is 2. The van der Waals surface area contributed by atoms with Crippen LogP contribution in [0.15, 0.2) is 46.7 Å². The summed E-state index contributed by atoms with van der Waals surface area (Å²) >= 11 is 1.51. The van der Waals surface area contributed by atoms with E-state index in [0.717, 1.165) is 10.6 Å². The number of pyridine rings is 1. The molecule has 0 bridgehead atoms. The number of aromatic amines is 1. The fourth-order valence-electron chi connectivity index (χ4n) is 2.18. The molecule has 3 rings (SSSR count). The maximum atomic E-state index is 12.1. The molecular formula is C15H11N3OS. The summed E-state index contributed by atoms with van der Waals surface area (Å²) in [4.78, 5) is 15.8. The quantitative estimate of drug-likeness (QED) is 0.785. The van der Waals surface area contributed by atoms with E-state index in [1.165, 1.54) is 11.3 Å². The average molecular weight is 281 g/mol. The van der Waals surface area contributed by atoms with Crippen molar-refractivity contribution >= 4 is 11.3 Å². The molecule has 0 amide bonds. The van der Waals surface area contributed by atoms with E-state index < -0.39 is 0 Å². The minimum Gasteiger partial charge on any atom is -0.349 e. The summed E-state index contributed by atoms with van der Waals surface area (Å²) in [6.07, 6.45) is 1.91. The first-order chi connectivity index (χ1) is 9.70. The molecule has 3 aromatic heterocycles. The first-order valence-electron chi connectivity index (χ1n) is 6.03. The van der Waals surface area contributed by atoms with Gasteiger partial charge in [0.05, 0.1) is 11.4 Å². The van der Waals surface area contributed by atoms with E-state index in [4.69, 9.17) is 0 Å². The Kier molecular flexibility index (Phi) is 3.01. The van der Waals surface area contributed by atoms with E-state index in [9.17, 15) is 10.1 Å². The maximum Gasteiger partial charge on any atom is 0.267 e. The SMILES string of the molecule is Cn1cccc1-c1cc(-c2cccs2)c(C#N)c(=O)[nH]1. The van der Waals surface area contributed by atoms with Gasteiger partial charge in [0, 0.05) is 23.7 Å². The van der Waals surface area contributed by atoms with E-state index >= 15 is 0 Å². The molecule has 0 aliphatic carbocycles. The van der Waals surface area contributed by atoms with Crippen LogP contribution in [0.1, 0.15) is 5.56 Å². The average Bonchev–Trinajstić information content (AvgIpc) is 3.08. The number of H-pyrrole nitrogens is 1. The summed E-state index contributed by atoms with van der Waals surface area (Å²) in [5, 5.41) is 11.1. The largest absolute Gasteiger partial charge is 0.349 e. The summed E-state index contributed by atoms with van der Waals surface area (Å²) in [6, 6.07) is 11.5. The Morgan fingerprint density at radius 2 is 2.20 bits per heavy atom. The molecule has 4 nitrogen and oxygen atoms in total. The van der Waals surface area contributed by atoms with Crippen molar-refractivity contribution in [3.05, 3.63) is 57.8 Å². The second kappa shape index (κ2) is 4.83. The van der Waals surface area contributed by atoms with Crippen LogP contribution in [0, 0.1) is 11.3 Å². The highest BCUT2D eigenvalue weighted by molar-refractivity contribution is 7.13. The van der Waals surface area contributed by atoms with Crippen LogP contribution in [0.5, 0.6) is 0 Å². The molecule has 1 N–H and O–H groups in total. The van der Waals surface area contributed by atoms with Crippen molar-refractivity contribution in [1.29, 1.82) is 5.26 Å². The molecule has 5 heteroatoms. The molecule has 98 valence electrons. The lowest BCUT2D eigenvalue weighted by Crippen LogP contribution is -2.13. The standard InChI is InChI=1S/C15H11N3OS/c1-18-6-2-4-13(18)12-8-10(14-5-3-7-20-14)11(9-16)15(19)17-12/h2-8H,1H3,(H,17,19). The lowest BCUT2D eigenvalue weighted by molar-refractivity contribution is 0.929. The van der Waals surface area contributed by atoms with Gasteiger partial charge in [0.25, 0.3) is 5.56 Å². The highest BCUT2D eigenvalue weighted by Crippen LogP contribution is 2.29. The van der Waals surface area contributed by atoms with Gasteiger partial charge in [0.2, 0.25) is 0 Å². The molecule has 0 atom stereocenters. The molecule has 0 fully saturated rings. The molecule has 0 unspecified atom stereocenters. The first kappa shape index (κ1) is 12.5. The number of aromatic nitrogens is 2. The number of aryl methyl sites for hydroxylation is 1. The molecule has 0 aliphatic heterocycles. The van der Waals surface area contributed by atoms with Crippen LogP contribution in [0.4, 0.5) is 0 Å². The summed E-state index contributed by atoms with van der Waals surface area (Å²) in [5.74, 6) is 0. The lowest BCUT2D eigenvalue weighted by atomic mass is 10.1. The second-order valence-electron chi connectivity index (χ2n) is 4.39. The predicted molar refractivity (Wildman–Crippen MR) is 79.5 cm³/mol. The summed E-state index contributed by atoms with van der Waals surface area (Å²) in [6.45, 7) is 0. The number of hydrogen-bond donors (Lipinski definition) is 1. The van der Waals surface area contributed by atoms with Crippen LogP contribution in [-0.4, -0.2) is 9.55 Å². The summed E-state index contributed by atoms with van der Waals surface area (Å²) < 4.78 is 1.93. The van der Waals surface area contributed by atoms with Crippen molar-refractivity contribution in [2.24, 2.45) is 7.05 Å². The van der Waals surface area contributed by atoms with Gasteiger partial charge in [-0.3, -0.25) is 4.79 Å². The van der Waals surface area contributed by atoms with Gasteiger partial charge in [0.1, 0.15) is 11.6 Å². The van der Waals surface area contributed by atoms with Crippen LogP contribution < -0.4 is 5.56 Å². The summed E-state index contributed by atoms with van der Waals surface area (Å²) in [5.41, 5.74) is 2.11. The van der Waals surface area contributed by atoms with Crippen molar-refractivity contribution in [3.8, 4) is 27.9 Å². The number of nitriles is 1. The zero-order valence-electron chi connectivity index (χ0n) is 10.8. The van der Waals surface area contributed by atoms with Crippen LogP contribution >= 0.6 is 11.3 Å². The normalized spacial score (nSPS) is 10.4. The number of nitrogens with one attached hydrogen (secondary N) is 1.